The third kappa shape index (κ3) is 3.81. The van der Waals surface area contributed by atoms with Gasteiger partial charge >= 0.3 is 0 Å². The van der Waals surface area contributed by atoms with Crippen molar-refractivity contribution in [3.63, 3.8) is 0 Å². The normalized spacial score (nSPS) is 16.1. The molecular formula is C18H24N4O3S. The van der Waals surface area contributed by atoms with Crippen LogP contribution in [0.1, 0.15) is 46.7 Å². The molecule has 0 spiro atoms. The third-order valence-corrected chi connectivity index (χ3v) is 5.89. The van der Waals surface area contributed by atoms with Crippen molar-refractivity contribution < 1.29 is 13.2 Å². The number of carbonyl (C=O) groups is 1. The lowest BCUT2D eigenvalue weighted by Crippen LogP contribution is -2.31. The lowest BCUT2D eigenvalue weighted by Gasteiger charge is -2.23. The number of likely N-dealkylation sites (N-methyl/N-ethyl adjacent to an activating group) is 1. The van der Waals surface area contributed by atoms with E-state index in [1.165, 1.54) is 6.26 Å². The maximum atomic E-state index is 12.7. The molecule has 3 rings (SSSR count). The number of benzene rings is 1. The Morgan fingerprint density at radius 2 is 2.04 bits per heavy atom. The summed E-state index contributed by atoms with van der Waals surface area (Å²) in [6, 6.07) is 6.44. The average Bonchev–Trinajstić information content (AvgIpc) is 3.02. The number of sulfone groups is 1. The van der Waals surface area contributed by atoms with Gasteiger partial charge in [0.05, 0.1) is 10.9 Å². The first kappa shape index (κ1) is 18.6. The fourth-order valence-electron chi connectivity index (χ4n) is 3.21. The molecule has 0 bridgehead atoms. The molecule has 140 valence electrons. The monoisotopic (exact) mass is 376 g/mol. The number of carbonyl (C=O) groups excluding carboxylic acids is 1. The fourth-order valence-corrected chi connectivity index (χ4v) is 3.84. The van der Waals surface area contributed by atoms with Crippen LogP contribution in [0.25, 0.3) is 0 Å². The van der Waals surface area contributed by atoms with Gasteiger partial charge in [0.25, 0.3) is 5.91 Å². The predicted molar refractivity (Wildman–Crippen MR) is 98.7 cm³/mol. The molecule has 1 amide bonds. The molecule has 7 nitrogen and oxygen atoms in total. The van der Waals surface area contributed by atoms with Crippen molar-refractivity contribution in [3.05, 3.63) is 46.8 Å². The zero-order valence-corrected chi connectivity index (χ0v) is 16.1. The van der Waals surface area contributed by atoms with Gasteiger partial charge in [-0.1, -0.05) is 19.1 Å². The van der Waals surface area contributed by atoms with Gasteiger partial charge in [-0.15, -0.1) is 0 Å². The molecule has 2 heterocycles. The molecule has 1 atom stereocenters. The summed E-state index contributed by atoms with van der Waals surface area (Å²) < 4.78 is 23.2. The molecule has 0 unspecified atom stereocenters. The van der Waals surface area contributed by atoms with Crippen molar-refractivity contribution in [2.45, 2.75) is 37.2 Å². The van der Waals surface area contributed by atoms with Gasteiger partial charge in [-0.25, -0.2) is 8.42 Å². The Morgan fingerprint density at radius 3 is 2.65 bits per heavy atom. The van der Waals surface area contributed by atoms with E-state index >= 15 is 0 Å². The highest BCUT2D eigenvalue weighted by Gasteiger charge is 2.25. The first-order valence-electron chi connectivity index (χ1n) is 8.65. The van der Waals surface area contributed by atoms with Crippen LogP contribution in [0.2, 0.25) is 0 Å². The first-order chi connectivity index (χ1) is 12.3. The summed E-state index contributed by atoms with van der Waals surface area (Å²) in [5, 5.41) is 10.2. The third-order valence-electron chi connectivity index (χ3n) is 4.76. The molecule has 2 N–H and O–H groups in total. The second kappa shape index (κ2) is 7.20. The molecular weight excluding hydrogens is 352 g/mol. The van der Waals surface area contributed by atoms with Crippen molar-refractivity contribution >= 4 is 15.7 Å². The van der Waals surface area contributed by atoms with Crippen LogP contribution in [-0.2, 0) is 22.8 Å². The van der Waals surface area contributed by atoms with Gasteiger partial charge in [0.2, 0.25) is 0 Å². The van der Waals surface area contributed by atoms with E-state index in [4.69, 9.17) is 0 Å². The molecule has 0 saturated carbocycles. The van der Waals surface area contributed by atoms with Gasteiger partial charge in [-0.3, -0.25) is 9.89 Å². The van der Waals surface area contributed by atoms with E-state index in [1.54, 1.807) is 24.3 Å². The SMILES string of the molecule is CC[C@@H](NC(=O)c1n[nH]c2c1CN(C)CC2)c1ccc(S(C)(=O)=O)cc1. The highest BCUT2D eigenvalue weighted by Crippen LogP contribution is 2.22. The van der Waals surface area contributed by atoms with E-state index in [0.717, 1.165) is 29.8 Å². The molecule has 1 aliphatic rings. The zero-order valence-electron chi connectivity index (χ0n) is 15.2. The van der Waals surface area contributed by atoms with Gasteiger partial charge < -0.3 is 10.2 Å². The summed E-state index contributed by atoms with van der Waals surface area (Å²) in [7, 11) is -1.21. The maximum Gasteiger partial charge on any atom is 0.272 e. The number of aromatic nitrogens is 2. The highest BCUT2D eigenvalue weighted by atomic mass is 32.2. The van der Waals surface area contributed by atoms with Gasteiger partial charge in [0.1, 0.15) is 0 Å². The molecule has 8 heteroatoms. The molecule has 2 aromatic rings. The summed E-state index contributed by atoms with van der Waals surface area (Å²) in [5.74, 6) is -0.211. The lowest BCUT2D eigenvalue weighted by atomic mass is 10.0. The van der Waals surface area contributed by atoms with E-state index in [1.807, 2.05) is 14.0 Å². The quantitative estimate of drug-likeness (QED) is 0.828. The topological polar surface area (TPSA) is 95.2 Å². The van der Waals surface area contributed by atoms with Crippen molar-refractivity contribution in [3.8, 4) is 0 Å². The molecule has 0 fully saturated rings. The summed E-state index contributed by atoms with van der Waals surface area (Å²) in [6.45, 7) is 3.62. The number of hydrogen-bond acceptors (Lipinski definition) is 5. The number of nitrogens with zero attached hydrogens (tertiary/aromatic N) is 2. The number of rotatable bonds is 5. The molecule has 26 heavy (non-hydrogen) atoms. The summed E-state index contributed by atoms with van der Waals surface area (Å²) in [6.07, 6.45) is 2.73. The lowest BCUT2D eigenvalue weighted by molar-refractivity contribution is 0.0928. The van der Waals surface area contributed by atoms with Crippen LogP contribution < -0.4 is 5.32 Å². The molecule has 1 aliphatic heterocycles. The van der Waals surface area contributed by atoms with Gasteiger partial charge in [0, 0.05) is 37.0 Å². The van der Waals surface area contributed by atoms with Crippen LogP contribution in [0.3, 0.4) is 0 Å². The number of hydrogen-bond donors (Lipinski definition) is 2. The standard InChI is InChI=1S/C18H24N4O3S/c1-4-15(12-5-7-13(8-6-12)26(3,24)25)19-18(23)17-14-11-22(2)10-9-16(14)20-21-17/h5-8,15H,4,9-11H2,1-3H3,(H,19,23)(H,20,21)/t15-/m1/s1. The Bertz CT molecular complexity index is 903. The number of aromatic amines is 1. The number of fused-ring (bicyclic) bond motifs is 1. The second-order valence-electron chi connectivity index (χ2n) is 6.79. The average molecular weight is 376 g/mol. The Kier molecular flexibility index (Phi) is 5.15. The van der Waals surface area contributed by atoms with E-state index in [-0.39, 0.29) is 16.8 Å². The summed E-state index contributed by atoms with van der Waals surface area (Å²) >= 11 is 0. The van der Waals surface area contributed by atoms with Crippen LogP contribution in [0.5, 0.6) is 0 Å². The highest BCUT2D eigenvalue weighted by molar-refractivity contribution is 7.90. The zero-order chi connectivity index (χ0) is 18.9. The van der Waals surface area contributed by atoms with Crippen LogP contribution >= 0.6 is 0 Å². The fraction of sp³-hybridized carbons (Fsp3) is 0.444. The molecule has 1 aromatic heterocycles. The minimum Gasteiger partial charge on any atom is -0.344 e. The van der Waals surface area contributed by atoms with Gasteiger partial charge in [-0.05, 0) is 31.2 Å². The Balaban J connectivity index is 1.78. The Morgan fingerprint density at radius 1 is 1.35 bits per heavy atom. The summed E-state index contributed by atoms with van der Waals surface area (Å²) in [4.78, 5) is 15.2. The van der Waals surface area contributed by atoms with E-state index < -0.39 is 9.84 Å². The molecule has 0 saturated heterocycles. The molecule has 1 aromatic carbocycles. The van der Waals surface area contributed by atoms with Gasteiger partial charge in [-0.2, -0.15) is 5.10 Å². The van der Waals surface area contributed by atoms with Crippen LogP contribution in [0.4, 0.5) is 0 Å². The largest absolute Gasteiger partial charge is 0.344 e. The van der Waals surface area contributed by atoms with Crippen molar-refractivity contribution in [2.24, 2.45) is 0 Å². The molecule has 0 aliphatic carbocycles. The number of nitrogens with one attached hydrogen (secondary N) is 2. The minimum atomic E-state index is -3.23. The van der Waals surface area contributed by atoms with E-state index in [9.17, 15) is 13.2 Å². The Labute approximate surface area is 153 Å². The predicted octanol–water partition coefficient (Wildman–Crippen LogP) is 1.68. The smallest absolute Gasteiger partial charge is 0.272 e. The van der Waals surface area contributed by atoms with Crippen LogP contribution in [0.15, 0.2) is 29.2 Å². The minimum absolute atomic E-state index is 0.204. The second-order valence-corrected chi connectivity index (χ2v) is 8.81. The molecule has 0 radical (unpaired) electrons. The van der Waals surface area contributed by atoms with Crippen molar-refractivity contribution in [1.82, 2.24) is 20.4 Å². The van der Waals surface area contributed by atoms with Crippen LogP contribution in [-0.4, -0.2) is 49.3 Å². The van der Waals surface area contributed by atoms with Crippen molar-refractivity contribution in [1.29, 1.82) is 0 Å². The van der Waals surface area contributed by atoms with E-state index in [2.05, 4.69) is 20.4 Å². The Hall–Kier alpha value is -2.19. The van der Waals surface area contributed by atoms with Crippen molar-refractivity contribution in [2.75, 3.05) is 19.8 Å². The van der Waals surface area contributed by atoms with E-state index in [0.29, 0.717) is 18.7 Å². The van der Waals surface area contributed by atoms with Crippen LogP contribution in [0, 0.1) is 0 Å². The number of amides is 1. The maximum absolute atomic E-state index is 12.7. The first-order valence-corrected chi connectivity index (χ1v) is 10.5. The summed E-state index contributed by atoms with van der Waals surface area (Å²) in [5.41, 5.74) is 3.30. The number of H-pyrrole nitrogens is 1. The van der Waals surface area contributed by atoms with Gasteiger partial charge in [0.15, 0.2) is 15.5 Å².